The van der Waals surface area contributed by atoms with Gasteiger partial charge in [-0.25, -0.2) is 9.79 Å². The molecular formula is C27H25N3O4S. The number of aromatic carboxylic acids is 1. The maximum atomic E-state index is 13.1. The van der Waals surface area contributed by atoms with Gasteiger partial charge in [-0.05, 0) is 54.8 Å². The number of amidine groups is 1. The number of anilines is 1. The molecule has 1 saturated heterocycles. The summed E-state index contributed by atoms with van der Waals surface area (Å²) in [5.74, 6) is -1.51. The Morgan fingerprint density at radius 1 is 0.971 bits per heavy atom. The van der Waals surface area contributed by atoms with Gasteiger partial charge in [-0.1, -0.05) is 60.3 Å². The molecule has 8 heteroatoms. The average Bonchev–Trinajstić information content (AvgIpc) is 2.87. The van der Waals surface area contributed by atoms with Gasteiger partial charge in [-0.15, -0.1) is 0 Å². The minimum Gasteiger partial charge on any atom is -0.478 e. The van der Waals surface area contributed by atoms with Gasteiger partial charge in [0.1, 0.15) is 5.25 Å². The Balaban J connectivity index is 1.47. The van der Waals surface area contributed by atoms with Gasteiger partial charge in [0.15, 0.2) is 5.17 Å². The number of hydrogen-bond donors (Lipinski definition) is 2. The largest absolute Gasteiger partial charge is 0.478 e. The van der Waals surface area contributed by atoms with Gasteiger partial charge >= 0.3 is 5.97 Å². The minimum atomic E-state index is -1.04. The van der Waals surface area contributed by atoms with E-state index in [0.717, 1.165) is 12.8 Å². The van der Waals surface area contributed by atoms with Gasteiger partial charge in [0, 0.05) is 18.7 Å². The normalized spacial score (nSPS) is 16.8. The summed E-state index contributed by atoms with van der Waals surface area (Å²) in [4.78, 5) is 43.5. The van der Waals surface area contributed by atoms with Crippen molar-refractivity contribution in [3.05, 3.63) is 96.1 Å². The molecular weight excluding hydrogens is 462 g/mol. The van der Waals surface area contributed by atoms with Crippen LogP contribution in [0, 0.1) is 0 Å². The Labute approximate surface area is 207 Å². The number of hydrogen-bond acceptors (Lipinski definition) is 5. The van der Waals surface area contributed by atoms with E-state index in [0.29, 0.717) is 23.1 Å². The van der Waals surface area contributed by atoms with E-state index in [1.165, 1.54) is 41.6 Å². The zero-order chi connectivity index (χ0) is 24.6. The maximum absolute atomic E-state index is 13.1. The Kier molecular flexibility index (Phi) is 7.95. The Morgan fingerprint density at radius 2 is 1.63 bits per heavy atom. The summed E-state index contributed by atoms with van der Waals surface area (Å²) in [6.45, 7) is 0.511. The molecule has 0 bridgehead atoms. The summed E-state index contributed by atoms with van der Waals surface area (Å²) in [7, 11) is 0. The van der Waals surface area contributed by atoms with Crippen molar-refractivity contribution in [1.82, 2.24) is 4.90 Å². The standard InChI is InChI=1S/C27H25N3O4S/c31-24-18-23(25(32)28-22-15-13-20(14-16-22)26(33)34)35-27(29-21-11-5-2-6-12-21)30(24)17-7-10-19-8-3-1-4-9-19/h1-6,8-9,11-16,23H,7,10,17-18H2,(H,28,32)(H,33,34)/t23-/m0/s1. The molecule has 0 aromatic heterocycles. The number of carbonyl (C=O) groups is 3. The summed E-state index contributed by atoms with van der Waals surface area (Å²) in [6.07, 6.45) is 1.67. The second kappa shape index (κ2) is 11.5. The van der Waals surface area contributed by atoms with Crippen molar-refractivity contribution < 1.29 is 19.5 Å². The first-order valence-electron chi connectivity index (χ1n) is 11.3. The average molecular weight is 488 g/mol. The third-order valence-electron chi connectivity index (χ3n) is 5.50. The number of para-hydroxylation sites is 1. The van der Waals surface area contributed by atoms with Gasteiger partial charge in [0.05, 0.1) is 11.3 Å². The first kappa shape index (κ1) is 24.2. The van der Waals surface area contributed by atoms with Crippen LogP contribution in [0.4, 0.5) is 11.4 Å². The third-order valence-corrected chi connectivity index (χ3v) is 6.69. The van der Waals surface area contributed by atoms with E-state index in [1.807, 2.05) is 48.5 Å². The van der Waals surface area contributed by atoms with Crippen LogP contribution in [0.25, 0.3) is 0 Å². The quantitative estimate of drug-likeness (QED) is 0.467. The van der Waals surface area contributed by atoms with Crippen LogP contribution in [-0.2, 0) is 16.0 Å². The summed E-state index contributed by atoms with van der Waals surface area (Å²) >= 11 is 1.27. The number of aliphatic imine (C=N–C) groups is 1. The van der Waals surface area contributed by atoms with Crippen molar-refractivity contribution in [3.63, 3.8) is 0 Å². The van der Waals surface area contributed by atoms with Crippen molar-refractivity contribution in [2.45, 2.75) is 24.5 Å². The van der Waals surface area contributed by atoms with Crippen molar-refractivity contribution in [2.24, 2.45) is 4.99 Å². The highest BCUT2D eigenvalue weighted by Crippen LogP contribution is 2.30. The number of carboxylic acid groups (broad SMARTS) is 1. The highest BCUT2D eigenvalue weighted by Gasteiger charge is 2.35. The second-order valence-electron chi connectivity index (χ2n) is 8.05. The number of aryl methyl sites for hydroxylation is 1. The molecule has 7 nitrogen and oxygen atoms in total. The lowest BCUT2D eigenvalue weighted by molar-refractivity contribution is -0.129. The van der Waals surface area contributed by atoms with Crippen molar-refractivity contribution in [1.29, 1.82) is 0 Å². The Bertz CT molecular complexity index is 1210. The molecule has 0 saturated carbocycles. The molecule has 178 valence electrons. The molecule has 2 amide bonds. The van der Waals surface area contributed by atoms with Crippen LogP contribution in [0.1, 0.15) is 28.8 Å². The minimum absolute atomic E-state index is 0.0584. The van der Waals surface area contributed by atoms with Crippen LogP contribution < -0.4 is 5.32 Å². The number of amides is 2. The summed E-state index contributed by atoms with van der Waals surface area (Å²) in [5, 5.41) is 11.7. The molecule has 1 atom stereocenters. The lowest BCUT2D eigenvalue weighted by atomic mass is 10.1. The second-order valence-corrected chi connectivity index (χ2v) is 9.22. The molecule has 1 aliphatic rings. The number of benzene rings is 3. The van der Waals surface area contributed by atoms with E-state index >= 15 is 0 Å². The van der Waals surface area contributed by atoms with Crippen molar-refractivity contribution >= 4 is 46.1 Å². The SMILES string of the molecule is O=C(O)c1ccc(NC(=O)[C@@H]2CC(=O)N(CCCc3ccccc3)C(=Nc3ccccc3)S2)cc1. The van der Waals surface area contributed by atoms with Gasteiger partial charge in [0.2, 0.25) is 11.8 Å². The van der Waals surface area contributed by atoms with Crippen LogP contribution in [0.3, 0.4) is 0 Å². The maximum Gasteiger partial charge on any atom is 0.335 e. The highest BCUT2D eigenvalue weighted by molar-refractivity contribution is 8.15. The fourth-order valence-corrected chi connectivity index (χ4v) is 4.80. The number of nitrogens with one attached hydrogen (secondary N) is 1. The predicted molar refractivity (Wildman–Crippen MR) is 138 cm³/mol. The van der Waals surface area contributed by atoms with E-state index in [2.05, 4.69) is 22.4 Å². The monoisotopic (exact) mass is 487 g/mol. The Morgan fingerprint density at radius 3 is 2.29 bits per heavy atom. The molecule has 0 spiro atoms. The molecule has 0 aliphatic carbocycles. The van der Waals surface area contributed by atoms with E-state index in [1.54, 1.807) is 4.90 Å². The van der Waals surface area contributed by atoms with E-state index in [9.17, 15) is 14.4 Å². The number of thioether (sulfide) groups is 1. The topological polar surface area (TPSA) is 99.1 Å². The fourth-order valence-electron chi connectivity index (χ4n) is 3.68. The summed E-state index contributed by atoms with van der Waals surface area (Å²) < 4.78 is 0. The molecule has 0 radical (unpaired) electrons. The van der Waals surface area contributed by atoms with Crippen LogP contribution >= 0.6 is 11.8 Å². The van der Waals surface area contributed by atoms with E-state index in [-0.39, 0.29) is 23.8 Å². The van der Waals surface area contributed by atoms with Crippen LogP contribution in [0.2, 0.25) is 0 Å². The van der Waals surface area contributed by atoms with Gasteiger partial charge in [-0.2, -0.15) is 0 Å². The molecule has 0 unspecified atom stereocenters. The van der Waals surface area contributed by atoms with Crippen molar-refractivity contribution in [3.8, 4) is 0 Å². The van der Waals surface area contributed by atoms with Crippen LogP contribution in [-0.4, -0.2) is 44.8 Å². The van der Waals surface area contributed by atoms with Gasteiger partial charge < -0.3 is 10.4 Å². The molecule has 1 heterocycles. The molecule has 1 fully saturated rings. The highest BCUT2D eigenvalue weighted by atomic mass is 32.2. The van der Waals surface area contributed by atoms with Gasteiger partial charge in [-0.3, -0.25) is 14.5 Å². The first-order chi connectivity index (χ1) is 17.0. The summed E-state index contributed by atoms with van der Waals surface area (Å²) in [5.41, 5.74) is 2.52. The van der Waals surface area contributed by atoms with E-state index < -0.39 is 11.2 Å². The number of nitrogens with zero attached hydrogens (tertiary/aromatic N) is 2. The number of carbonyl (C=O) groups excluding carboxylic acids is 2. The lowest BCUT2D eigenvalue weighted by Gasteiger charge is -2.32. The molecule has 4 rings (SSSR count). The van der Waals surface area contributed by atoms with E-state index in [4.69, 9.17) is 5.11 Å². The first-order valence-corrected chi connectivity index (χ1v) is 12.2. The molecule has 2 N–H and O–H groups in total. The summed E-state index contributed by atoms with van der Waals surface area (Å²) in [6, 6.07) is 25.4. The zero-order valence-corrected chi connectivity index (χ0v) is 19.8. The fraction of sp³-hybridized carbons (Fsp3) is 0.185. The molecule has 3 aromatic rings. The van der Waals surface area contributed by atoms with Gasteiger partial charge in [0.25, 0.3) is 0 Å². The van der Waals surface area contributed by atoms with Crippen LogP contribution in [0.15, 0.2) is 89.9 Å². The molecule has 35 heavy (non-hydrogen) atoms. The lowest BCUT2D eigenvalue weighted by Crippen LogP contribution is -2.45. The third kappa shape index (κ3) is 6.58. The predicted octanol–water partition coefficient (Wildman–Crippen LogP) is 4.98. The van der Waals surface area contributed by atoms with Crippen LogP contribution in [0.5, 0.6) is 0 Å². The van der Waals surface area contributed by atoms with Crippen molar-refractivity contribution in [2.75, 3.05) is 11.9 Å². The number of carboxylic acids is 1. The molecule has 1 aliphatic heterocycles. The molecule has 3 aromatic carbocycles. The smallest absolute Gasteiger partial charge is 0.335 e. The zero-order valence-electron chi connectivity index (χ0n) is 19.0. The Hall–Kier alpha value is -3.91. The number of rotatable bonds is 8.